The first-order chi connectivity index (χ1) is 8.06. The van der Waals surface area contributed by atoms with Gasteiger partial charge in [-0.2, -0.15) is 0 Å². The quantitative estimate of drug-likeness (QED) is 0.810. The molecule has 0 bridgehead atoms. The molecule has 0 aliphatic heterocycles. The van der Waals surface area contributed by atoms with Crippen molar-refractivity contribution >= 4 is 5.97 Å². The number of rotatable bonds is 4. The van der Waals surface area contributed by atoms with Crippen molar-refractivity contribution in [2.75, 3.05) is 7.11 Å². The summed E-state index contributed by atoms with van der Waals surface area (Å²) in [6.07, 6.45) is 2.27. The van der Waals surface area contributed by atoms with Gasteiger partial charge in [0, 0.05) is 6.04 Å². The molecular formula is C14H19NO2. The van der Waals surface area contributed by atoms with Gasteiger partial charge in [0.25, 0.3) is 0 Å². The van der Waals surface area contributed by atoms with Crippen LogP contribution in [0.5, 0.6) is 0 Å². The number of methoxy groups -OCH3 is 1. The molecule has 1 aromatic rings. The maximum Gasteiger partial charge on any atom is 0.330 e. The summed E-state index contributed by atoms with van der Waals surface area (Å²) in [5.41, 5.74) is 1.38. The van der Waals surface area contributed by atoms with E-state index in [2.05, 4.69) is 5.32 Å². The number of benzene rings is 1. The van der Waals surface area contributed by atoms with E-state index in [1.165, 1.54) is 7.11 Å². The summed E-state index contributed by atoms with van der Waals surface area (Å²) in [5.74, 6) is -0.227. The SMILES string of the molecule is COC(=O)C(C)(NC1CC1)c1cccc(C)c1. The van der Waals surface area contributed by atoms with Crippen molar-refractivity contribution in [3.8, 4) is 0 Å². The molecule has 3 heteroatoms. The van der Waals surface area contributed by atoms with Crippen molar-refractivity contribution in [1.82, 2.24) is 5.32 Å². The molecule has 0 radical (unpaired) electrons. The largest absolute Gasteiger partial charge is 0.467 e. The molecule has 0 saturated heterocycles. The molecule has 1 fully saturated rings. The zero-order valence-corrected chi connectivity index (χ0v) is 10.6. The molecule has 0 aromatic heterocycles. The van der Waals surface area contributed by atoms with Crippen LogP contribution in [0.15, 0.2) is 24.3 Å². The minimum atomic E-state index is -0.734. The van der Waals surface area contributed by atoms with Crippen LogP contribution in [0, 0.1) is 6.92 Å². The molecule has 92 valence electrons. The maximum atomic E-state index is 12.0. The highest BCUT2D eigenvalue weighted by Crippen LogP contribution is 2.29. The predicted molar refractivity (Wildman–Crippen MR) is 66.7 cm³/mol. The summed E-state index contributed by atoms with van der Waals surface area (Å²) in [6.45, 7) is 3.92. The van der Waals surface area contributed by atoms with E-state index in [-0.39, 0.29) is 5.97 Å². The van der Waals surface area contributed by atoms with Gasteiger partial charge in [0.15, 0.2) is 0 Å². The van der Waals surface area contributed by atoms with E-state index in [9.17, 15) is 4.79 Å². The van der Waals surface area contributed by atoms with Crippen LogP contribution in [0.3, 0.4) is 0 Å². The summed E-state index contributed by atoms with van der Waals surface area (Å²) < 4.78 is 4.94. The normalized spacial score (nSPS) is 18.5. The standard InChI is InChI=1S/C14H19NO2/c1-10-5-4-6-11(9-10)14(2,13(16)17-3)15-12-7-8-12/h4-6,9,12,15H,7-8H2,1-3H3. The van der Waals surface area contributed by atoms with Gasteiger partial charge in [-0.15, -0.1) is 0 Å². The van der Waals surface area contributed by atoms with Gasteiger partial charge in [0.05, 0.1) is 7.11 Å². The van der Waals surface area contributed by atoms with Crippen LogP contribution in [-0.4, -0.2) is 19.1 Å². The van der Waals surface area contributed by atoms with Crippen LogP contribution in [0.2, 0.25) is 0 Å². The van der Waals surface area contributed by atoms with Gasteiger partial charge >= 0.3 is 5.97 Å². The number of nitrogens with one attached hydrogen (secondary N) is 1. The Morgan fingerprint density at radius 1 is 1.47 bits per heavy atom. The number of hydrogen-bond acceptors (Lipinski definition) is 3. The number of aryl methyl sites for hydroxylation is 1. The Kier molecular flexibility index (Phi) is 3.20. The Balaban J connectivity index is 2.34. The summed E-state index contributed by atoms with van der Waals surface area (Å²) in [7, 11) is 1.44. The fraction of sp³-hybridized carbons (Fsp3) is 0.500. The third kappa shape index (κ3) is 2.50. The summed E-state index contributed by atoms with van der Waals surface area (Å²) >= 11 is 0. The molecule has 1 atom stereocenters. The molecule has 2 rings (SSSR count). The second-order valence-electron chi connectivity index (χ2n) is 4.90. The predicted octanol–water partition coefficient (Wildman–Crippen LogP) is 2.14. The van der Waals surface area contributed by atoms with Crippen LogP contribution in [0.25, 0.3) is 0 Å². The Morgan fingerprint density at radius 2 is 2.18 bits per heavy atom. The summed E-state index contributed by atoms with van der Waals surface area (Å²) in [6, 6.07) is 8.45. The van der Waals surface area contributed by atoms with Crippen LogP contribution < -0.4 is 5.32 Å². The molecule has 1 unspecified atom stereocenters. The lowest BCUT2D eigenvalue weighted by molar-refractivity contribution is -0.148. The third-order valence-corrected chi connectivity index (χ3v) is 3.26. The zero-order valence-electron chi connectivity index (χ0n) is 10.6. The second kappa shape index (κ2) is 4.49. The molecule has 1 saturated carbocycles. The van der Waals surface area contributed by atoms with E-state index in [0.717, 1.165) is 24.0 Å². The number of ether oxygens (including phenoxy) is 1. The first-order valence-corrected chi connectivity index (χ1v) is 5.99. The molecule has 3 nitrogen and oxygen atoms in total. The molecule has 17 heavy (non-hydrogen) atoms. The average Bonchev–Trinajstić information content (AvgIpc) is 3.11. The summed E-state index contributed by atoms with van der Waals surface area (Å²) in [5, 5.41) is 3.39. The van der Waals surface area contributed by atoms with Gasteiger partial charge in [-0.1, -0.05) is 29.8 Å². The first-order valence-electron chi connectivity index (χ1n) is 5.99. The van der Waals surface area contributed by atoms with Crippen LogP contribution in [0.4, 0.5) is 0 Å². The van der Waals surface area contributed by atoms with Crippen molar-refractivity contribution in [1.29, 1.82) is 0 Å². The zero-order chi connectivity index (χ0) is 12.5. The highest BCUT2D eigenvalue weighted by molar-refractivity contribution is 5.82. The Labute approximate surface area is 102 Å². The lowest BCUT2D eigenvalue weighted by Gasteiger charge is -2.29. The lowest BCUT2D eigenvalue weighted by atomic mass is 9.90. The molecule has 0 spiro atoms. The number of carbonyl (C=O) groups is 1. The van der Waals surface area contributed by atoms with Gasteiger partial charge < -0.3 is 4.74 Å². The number of carbonyl (C=O) groups excluding carboxylic acids is 1. The van der Waals surface area contributed by atoms with E-state index >= 15 is 0 Å². The van der Waals surface area contributed by atoms with Crippen molar-refractivity contribution in [2.24, 2.45) is 0 Å². The van der Waals surface area contributed by atoms with E-state index in [4.69, 9.17) is 4.74 Å². The van der Waals surface area contributed by atoms with Gasteiger partial charge in [0.1, 0.15) is 5.54 Å². The maximum absolute atomic E-state index is 12.0. The first kappa shape index (κ1) is 12.1. The van der Waals surface area contributed by atoms with Crippen LogP contribution in [-0.2, 0) is 15.1 Å². The average molecular weight is 233 g/mol. The smallest absolute Gasteiger partial charge is 0.330 e. The Morgan fingerprint density at radius 3 is 2.71 bits per heavy atom. The van der Waals surface area contributed by atoms with E-state index in [1.807, 2.05) is 38.1 Å². The topological polar surface area (TPSA) is 38.3 Å². The third-order valence-electron chi connectivity index (χ3n) is 3.26. The molecule has 1 aliphatic rings. The molecule has 1 aromatic carbocycles. The van der Waals surface area contributed by atoms with E-state index < -0.39 is 5.54 Å². The van der Waals surface area contributed by atoms with Gasteiger partial charge in [-0.25, -0.2) is 4.79 Å². The summed E-state index contributed by atoms with van der Waals surface area (Å²) in [4.78, 5) is 12.0. The number of esters is 1. The van der Waals surface area contributed by atoms with Crippen molar-refractivity contribution < 1.29 is 9.53 Å². The molecule has 0 amide bonds. The molecule has 0 heterocycles. The fourth-order valence-electron chi connectivity index (χ4n) is 2.06. The van der Waals surface area contributed by atoms with Gasteiger partial charge in [0.2, 0.25) is 0 Å². The van der Waals surface area contributed by atoms with Crippen molar-refractivity contribution in [3.05, 3.63) is 35.4 Å². The second-order valence-corrected chi connectivity index (χ2v) is 4.90. The molecule has 1 N–H and O–H groups in total. The lowest BCUT2D eigenvalue weighted by Crippen LogP contribution is -2.48. The van der Waals surface area contributed by atoms with Crippen LogP contribution in [0.1, 0.15) is 30.9 Å². The van der Waals surface area contributed by atoms with Crippen LogP contribution >= 0.6 is 0 Å². The Hall–Kier alpha value is -1.35. The van der Waals surface area contributed by atoms with Gasteiger partial charge in [-0.3, -0.25) is 5.32 Å². The fourth-order valence-corrected chi connectivity index (χ4v) is 2.06. The van der Waals surface area contributed by atoms with Crippen molar-refractivity contribution in [2.45, 2.75) is 38.3 Å². The monoisotopic (exact) mass is 233 g/mol. The van der Waals surface area contributed by atoms with Crippen molar-refractivity contribution in [3.63, 3.8) is 0 Å². The molecular weight excluding hydrogens is 214 g/mol. The Bertz CT molecular complexity index is 426. The highest BCUT2D eigenvalue weighted by Gasteiger charge is 2.40. The minimum Gasteiger partial charge on any atom is -0.467 e. The molecule has 1 aliphatic carbocycles. The number of hydrogen-bond donors (Lipinski definition) is 1. The minimum absolute atomic E-state index is 0.227. The van der Waals surface area contributed by atoms with Gasteiger partial charge in [-0.05, 0) is 32.3 Å². The van der Waals surface area contributed by atoms with E-state index in [0.29, 0.717) is 6.04 Å². The highest BCUT2D eigenvalue weighted by atomic mass is 16.5. The van der Waals surface area contributed by atoms with E-state index in [1.54, 1.807) is 0 Å².